The molecule has 1 atom stereocenters. The average Bonchev–Trinajstić information content (AvgIpc) is 2.26. The Kier molecular flexibility index (Phi) is 5.52. The summed E-state index contributed by atoms with van der Waals surface area (Å²) in [6, 6.07) is 3.19. The van der Waals surface area contributed by atoms with Crippen LogP contribution >= 0.6 is 11.6 Å². The minimum Gasteiger partial charge on any atom is -0.313 e. The van der Waals surface area contributed by atoms with E-state index in [0.29, 0.717) is 0 Å². The number of hydrogen-bond acceptors (Lipinski definition) is 3. The largest absolute Gasteiger partial charge is 0.313 e. The quantitative estimate of drug-likeness (QED) is 0.840. The number of hydrogen-bond donors (Lipinski definition) is 2. The Labute approximate surface area is 112 Å². The molecule has 4 nitrogen and oxygen atoms in total. The number of halogens is 2. The fourth-order valence-electron chi connectivity index (χ4n) is 1.43. The summed E-state index contributed by atoms with van der Waals surface area (Å²) >= 11 is 5.72. The van der Waals surface area contributed by atoms with Gasteiger partial charge in [0.1, 0.15) is 10.7 Å². The van der Waals surface area contributed by atoms with Gasteiger partial charge < -0.3 is 5.32 Å². The molecule has 2 N–H and O–H groups in total. The van der Waals surface area contributed by atoms with Crippen LogP contribution < -0.4 is 10.0 Å². The first-order valence-electron chi connectivity index (χ1n) is 5.55. The molecule has 0 saturated heterocycles. The first kappa shape index (κ1) is 15.4. The first-order valence-corrected chi connectivity index (χ1v) is 7.41. The molecular weight excluding hydrogens is 279 g/mol. The minimum absolute atomic E-state index is 0.00370. The van der Waals surface area contributed by atoms with Crippen molar-refractivity contribution in [2.24, 2.45) is 0 Å². The van der Waals surface area contributed by atoms with Gasteiger partial charge in [0, 0.05) is 12.6 Å². The zero-order valence-corrected chi connectivity index (χ0v) is 11.8. The van der Waals surface area contributed by atoms with Gasteiger partial charge >= 0.3 is 0 Å². The number of benzene rings is 1. The van der Waals surface area contributed by atoms with Crippen LogP contribution in [0.4, 0.5) is 4.39 Å². The predicted octanol–water partition coefficient (Wildman–Crippen LogP) is 1.76. The summed E-state index contributed by atoms with van der Waals surface area (Å²) < 4.78 is 39.1. The normalized spacial score (nSPS) is 13.6. The number of likely N-dealkylation sites (N-methyl/N-ethyl adjacent to an activating group) is 1. The van der Waals surface area contributed by atoms with Crippen molar-refractivity contribution in [1.82, 2.24) is 10.0 Å². The second-order valence-electron chi connectivity index (χ2n) is 3.89. The van der Waals surface area contributed by atoms with E-state index in [1.54, 1.807) is 0 Å². The standard InChI is InChI=1S/C11H16ClFN2O2S/c1-3-14-8(2)7-15-18(16,17)11-5-4-9(13)6-10(11)12/h4-6,8,14-15H,3,7H2,1-2H3/t8-/m1/s1. The zero-order valence-electron chi connectivity index (χ0n) is 10.2. The van der Waals surface area contributed by atoms with E-state index in [1.165, 1.54) is 0 Å². The summed E-state index contributed by atoms with van der Waals surface area (Å²) in [5, 5.41) is 2.95. The molecule has 7 heteroatoms. The third kappa shape index (κ3) is 4.20. The van der Waals surface area contributed by atoms with E-state index in [0.717, 1.165) is 24.7 Å². The number of nitrogens with one attached hydrogen (secondary N) is 2. The Morgan fingerprint density at radius 3 is 2.67 bits per heavy atom. The molecule has 0 aliphatic rings. The van der Waals surface area contributed by atoms with Crippen molar-refractivity contribution in [3.63, 3.8) is 0 Å². The minimum atomic E-state index is -3.71. The molecule has 0 radical (unpaired) electrons. The molecule has 0 heterocycles. The molecule has 0 saturated carbocycles. The number of rotatable bonds is 6. The molecule has 1 rings (SSSR count). The predicted molar refractivity (Wildman–Crippen MR) is 69.7 cm³/mol. The maximum absolute atomic E-state index is 12.8. The fraction of sp³-hybridized carbons (Fsp3) is 0.455. The molecule has 102 valence electrons. The molecule has 0 amide bonds. The Hall–Kier alpha value is -0.690. The Balaban J connectivity index is 2.80. The molecule has 18 heavy (non-hydrogen) atoms. The van der Waals surface area contributed by atoms with Gasteiger partial charge in [-0.1, -0.05) is 18.5 Å². The van der Waals surface area contributed by atoms with Gasteiger partial charge in [0.15, 0.2) is 0 Å². The van der Waals surface area contributed by atoms with E-state index in [9.17, 15) is 12.8 Å². The molecule has 0 aromatic heterocycles. The lowest BCUT2D eigenvalue weighted by atomic mass is 10.3. The molecule has 0 aliphatic carbocycles. The van der Waals surface area contributed by atoms with Crippen LogP contribution in [-0.4, -0.2) is 27.5 Å². The molecule has 0 spiro atoms. The van der Waals surface area contributed by atoms with Gasteiger partial charge in [0.05, 0.1) is 5.02 Å². The monoisotopic (exact) mass is 294 g/mol. The molecule has 0 aliphatic heterocycles. The van der Waals surface area contributed by atoms with Crippen LogP contribution in [0, 0.1) is 5.82 Å². The van der Waals surface area contributed by atoms with Crippen molar-refractivity contribution in [2.75, 3.05) is 13.1 Å². The van der Waals surface area contributed by atoms with Crippen molar-refractivity contribution >= 4 is 21.6 Å². The van der Waals surface area contributed by atoms with Gasteiger partial charge in [-0.25, -0.2) is 17.5 Å². The van der Waals surface area contributed by atoms with Crippen LogP contribution in [-0.2, 0) is 10.0 Å². The van der Waals surface area contributed by atoms with Gasteiger partial charge in [-0.15, -0.1) is 0 Å². The highest BCUT2D eigenvalue weighted by Gasteiger charge is 2.18. The van der Waals surface area contributed by atoms with E-state index < -0.39 is 15.8 Å². The molecular formula is C11H16ClFN2O2S. The Bertz CT molecular complexity index is 508. The van der Waals surface area contributed by atoms with Crippen LogP contribution in [0.3, 0.4) is 0 Å². The van der Waals surface area contributed by atoms with Gasteiger partial charge in [0.25, 0.3) is 0 Å². The van der Waals surface area contributed by atoms with E-state index in [4.69, 9.17) is 11.6 Å². The summed E-state index contributed by atoms with van der Waals surface area (Å²) in [6.45, 7) is 4.78. The summed E-state index contributed by atoms with van der Waals surface area (Å²) in [4.78, 5) is -0.116. The Morgan fingerprint density at radius 1 is 1.44 bits per heavy atom. The van der Waals surface area contributed by atoms with Crippen molar-refractivity contribution < 1.29 is 12.8 Å². The molecule has 1 aromatic rings. The molecule has 0 bridgehead atoms. The molecule has 0 unspecified atom stereocenters. The van der Waals surface area contributed by atoms with Gasteiger partial charge in [0.2, 0.25) is 10.0 Å². The Morgan fingerprint density at radius 2 is 2.11 bits per heavy atom. The highest BCUT2D eigenvalue weighted by atomic mass is 35.5. The topological polar surface area (TPSA) is 58.2 Å². The lowest BCUT2D eigenvalue weighted by molar-refractivity contribution is 0.536. The first-order chi connectivity index (χ1) is 8.36. The van der Waals surface area contributed by atoms with Gasteiger partial charge in [-0.05, 0) is 31.7 Å². The lowest BCUT2D eigenvalue weighted by Crippen LogP contribution is -2.38. The van der Waals surface area contributed by atoms with Crippen LogP contribution in [0.1, 0.15) is 13.8 Å². The van der Waals surface area contributed by atoms with Gasteiger partial charge in [-0.3, -0.25) is 0 Å². The molecule has 1 aromatic carbocycles. The van der Waals surface area contributed by atoms with Crippen LogP contribution in [0.5, 0.6) is 0 Å². The van der Waals surface area contributed by atoms with E-state index >= 15 is 0 Å². The second kappa shape index (κ2) is 6.47. The highest BCUT2D eigenvalue weighted by Crippen LogP contribution is 2.21. The van der Waals surface area contributed by atoms with Crippen LogP contribution in [0.15, 0.2) is 23.1 Å². The third-order valence-corrected chi connectivity index (χ3v) is 4.22. The average molecular weight is 295 g/mol. The van der Waals surface area contributed by atoms with Crippen LogP contribution in [0.25, 0.3) is 0 Å². The second-order valence-corrected chi connectivity index (χ2v) is 6.03. The third-order valence-electron chi connectivity index (χ3n) is 2.32. The molecule has 0 fully saturated rings. The van der Waals surface area contributed by atoms with E-state index in [-0.39, 0.29) is 22.5 Å². The van der Waals surface area contributed by atoms with Gasteiger partial charge in [-0.2, -0.15) is 0 Å². The summed E-state index contributed by atoms with van der Waals surface area (Å²) in [7, 11) is -3.71. The lowest BCUT2D eigenvalue weighted by Gasteiger charge is -2.14. The zero-order chi connectivity index (χ0) is 13.8. The van der Waals surface area contributed by atoms with Crippen molar-refractivity contribution in [3.05, 3.63) is 29.0 Å². The van der Waals surface area contributed by atoms with Crippen molar-refractivity contribution in [1.29, 1.82) is 0 Å². The van der Waals surface area contributed by atoms with Crippen molar-refractivity contribution in [3.8, 4) is 0 Å². The maximum atomic E-state index is 12.8. The summed E-state index contributed by atoms with van der Waals surface area (Å²) in [5.74, 6) is -0.569. The fourth-order valence-corrected chi connectivity index (χ4v) is 3.09. The maximum Gasteiger partial charge on any atom is 0.242 e. The summed E-state index contributed by atoms with van der Waals surface area (Å²) in [6.07, 6.45) is 0. The van der Waals surface area contributed by atoms with E-state index in [1.807, 2.05) is 13.8 Å². The number of sulfonamides is 1. The van der Waals surface area contributed by atoms with Crippen LogP contribution in [0.2, 0.25) is 5.02 Å². The smallest absolute Gasteiger partial charge is 0.242 e. The van der Waals surface area contributed by atoms with E-state index in [2.05, 4.69) is 10.0 Å². The SMILES string of the molecule is CCN[C@H](C)CNS(=O)(=O)c1ccc(F)cc1Cl. The summed E-state index contributed by atoms with van der Waals surface area (Å²) in [5.41, 5.74) is 0. The highest BCUT2D eigenvalue weighted by molar-refractivity contribution is 7.89. The van der Waals surface area contributed by atoms with Crippen molar-refractivity contribution in [2.45, 2.75) is 24.8 Å².